The Morgan fingerprint density at radius 2 is 1.20 bits per heavy atom. The van der Waals surface area contributed by atoms with E-state index in [1.807, 2.05) is 29.2 Å². The van der Waals surface area contributed by atoms with Crippen molar-refractivity contribution in [1.29, 1.82) is 0 Å². The molecule has 2 heteroatoms. The number of nitrogens with zero attached hydrogens (tertiary/aromatic N) is 1. The molecule has 6 aromatic carbocycles. The molecule has 12 rings (SSSR count). The zero-order valence-corrected chi connectivity index (χ0v) is 31.4. The molecule has 6 aliphatic rings. The largest absolute Gasteiger partial charge is 0.457 e. The Labute approximate surface area is 336 Å². The van der Waals surface area contributed by atoms with Crippen LogP contribution in [0.3, 0.4) is 0 Å². The van der Waals surface area contributed by atoms with Gasteiger partial charge in [0.05, 0.1) is 15.1 Å². The van der Waals surface area contributed by atoms with Crippen LogP contribution in [0.25, 0.3) is 21.9 Å². The minimum Gasteiger partial charge on any atom is -0.457 e. The number of hydrogen-bond donors (Lipinski definition) is 0. The quantitative estimate of drug-likeness (QED) is 0.180. The van der Waals surface area contributed by atoms with Crippen LogP contribution in [0.1, 0.15) is 110 Å². The lowest BCUT2D eigenvalue weighted by molar-refractivity contribution is -0.0452. The topological polar surface area (TPSA) is 12.5 Å². The fraction of sp³-hybridized carbons (Fsp3) is 0.346. The van der Waals surface area contributed by atoms with E-state index in [0.717, 1.165) is 61.2 Å². The molecule has 1 aliphatic heterocycles. The predicted octanol–water partition coefficient (Wildman–Crippen LogP) is 14.2. The van der Waals surface area contributed by atoms with Gasteiger partial charge >= 0.3 is 0 Å². The molecule has 0 radical (unpaired) electrons. The highest BCUT2D eigenvalue weighted by atomic mass is 16.5. The second-order valence-electron chi connectivity index (χ2n) is 18.0. The summed E-state index contributed by atoms with van der Waals surface area (Å²) in [5.74, 6) is 3.89. The van der Waals surface area contributed by atoms with Gasteiger partial charge in [-0.2, -0.15) is 0 Å². The number of rotatable bonds is 4. The standard InChI is InChI=1S/C52H51NO/c1-50(2)24-25-51(3,4)46-31-40(20-22-44(46)50)53(39-18-16-36(17-19-39)43-13-9-11-35-10-5-6-12-42(35)43)41-21-23-49-47(32-41)52(45-14-7-8-15-48(45)54-49)37-27-33-26-34(29-37)30-38(52)28-33/h5-23,31-34,37-38H,24-30H2,1-4H3/i5D,6D,9D,10D,11D,12D,13D,16D,17D,18D,19D. The van der Waals surface area contributed by atoms with Crippen LogP contribution in [0.15, 0.2) is 127 Å². The Balaban J connectivity index is 1.19. The van der Waals surface area contributed by atoms with Gasteiger partial charge in [0.25, 0.3) is 0 Å². The summed E-state index contributed by atoms with van der Waals surface area (Å²) in [5.41, 5.74) is 4.62. The highest BCUT2D eigenvalue weighted by Crippen LogP contribution is 2.69. The molecule has 270 valence electrons. The summed E-state index contributed by atoms with van der Waals surface area (Å²) in [4.78, 5) is 1.84. The van der Waals surface area contributed by atoms with Crippen molar-refractivity contribution in [3.8, 4) is 22.6 Å². The summed E-state index contributed by atoms with van der Waals surface area (Å²) in [6.45, 7) is 8.99. The molecule has 0 amide bonds. The van der Waals surface area contributed by atoms with Crippen LogP contribution >= 0.6 is 0 Å². The van der Waals surface area contributed by atoms with E-state index in [-0.39, 0.29) is 43.8 Å². The summed E-state index contributed by atoms with van der Waals surface area (Å²) >= 11 is 0. The number of ether oxygens (including phenoxy) is 1. The molecule has 2 nitrogen and oxygen atoms in total. The van der Waals surface area contributed by atoms with Gasteiger partial charge in [-0.25, -0.2) is 0 Å². The van der Waals surface area contributed by atoms with Crippen molar-refractivity contribution in [3.63, 3.8) is 0 Å². The summed E-state index contributed by atoms with van der Waals surface area (Å²) in [6, 6.07) is 14.7. The molecule has 0 saturated heterocycles. The number of benzene rings is 6. The van der Waals surface area contributed by atoms with Gasteiger partial charge in [0.15, 0.2) is 0 Å². The third-order valence-corrected chi connectivity index (χ3v) is 14.1. The lowest BCUT2D eigenvalue weighted by Crippen LogP contribution is -2.57. The molecule has 54 heavy (non-hydrogen) atoms. The van der Waals surface area contributed by atoms with E-state index < -0.39 is 66.5 Å². The Morgan fingerprint density at radius 1 is 0.574 bits per heavy atom. The normalized spacial score (nSPS) is 29.4. The van der Waals surface area contributed by atoms with Crippen LogP contribution in [0.5, 0.6) is 11.5 Å². The van der Waals surface area contributed by atoms with Crippen LogP contribution in [-0.4, -0.2) is 0 Å². The van der Waals surface area contributed by atoms with Crippen LogP contribution in [0, 0.1) is 23.7 Å². The van der Waals surface area contributed by atoms with Gasteiger partial charge in [-0.3, -0.25) is 0 Å². The molecule has 0 atom stereocenters. The highest BCUT2D eigenvalue weighted by Gasteiger charge is 2.61. The molecule has 0 N–H and O–H groups in total. The van der Waals surface area contributed by atoms with Crippen molar-refractivity contribution in [2.24, 2.45) is 23.7 Å². The molecule has 0 aromatic heterocycles. The summed E-state index contributed by atoms with van der Waals surface area (Å²) in [7, 11) is 0. The molecule has 6 aromatic rings. The highest BCUT2D eigenvalue weighted by molar-refractivity contribution is 5.97. The molecular formula is C52H51NO. The minimum atomic E-state index is -0.642. The van der Waals surface area contributed by atoms with Gasteiger partial charge in [-0.05, 0) is 161 Å². The first-order chi connectivity index (χ1) is 30.8. The van der Waals surface area contributed by atoms with Crippen LogP contribution in [-0.2, 0) is 16.2 Å². The van der Waals surface area contributed by atoms with E-state index >= 15 is 0 Å². The SMILES string of the molecule is [2H]c1c([2H])c(N(c2ccc3c(c2)C(C)(C)CCC3(C)C)c2ccc3c(c2)C2(c4ccccc4O3)C3CC4CC(C3)CC2C4)c([2H])c([2H])c1-c1c([2H])c([2H])c([2H])c2c([2H])c([2H])c([2H])c([2H])c12. The number of fused-ring (bicyclic) bond motifs is 4. The lowest BCUT2D eigenvalue weighted by Gasteiger charge is -2.63. The summed E-state index contributed by atoms with van der Waals surface area (Å²) in [5, 5.41) is -0.603. The van der Waals surface area contributed by atoms with Gasteiger partial charge in [0.1, 0.15) is 11.5 Å². The molecule has 0 unspecified atom stereocenters. The summed E-state index contributed by atoms with van der Waals surface area (Å²) in [6.07, 6.45) is 7.83. The van der Waals surface area contributed by atoms with Gasteiger partial charge in [-0.1, -0.05) is 106 Å². The van der Waals surface area contributed by atoms with E-state index in [2.05, 4.69) is 64.1 Å². The first kappa shape index (κ1) is 23.2. The van der Waals surface area contributed by atoms with E-state index in [9.17, 15) is 5.48 Å². The number of para-hydroxylation sites is 1. The Kier molecular flexibility index (Phi) is 4.98. The van der Waals surface area contributed by atoms with Crippen LogP contribution < -0.4 is 9.64 Å². The molecule has 4 fully saturated rings. The zero-order valence-electron chi connectivity index (χ0n) is 42.4. The molecule has 4 bridgehead atoms. The predicted molar refractivity (Wildman–Crippen MR) is 224 cm³/mol. The van der Waals surface area contributed by atoms with Crippen molar-refractivity contribution in [2.45, 2.75) is 88.9 Å². The van der Waals surface area contributed by atoms with Crippen LogP contribution in [0.4, 0.5) is 17.1 Å². The zero-order chi connectivity index (χ0) is 46.0. The Hall–Kier alpha value is -4.82. The van der Waals surface area contributed by atoms with E-state index in [1.54, 1.807) is 0 Å². The van der Waals surface area contributed by atoms with Gasteiger partial charge < -0.3 is 9.64 Å². The molecule has 4 saturated carbocycles. The molecule has 1 spiro atoms. The van der Waals surface area contributed by atoms with Crippen molar-refractivity contribution in [3.05, 3.63) is 149 Å². The third kappa shape index (κ3) is 4.71. The second kappa shape index (κ2) is 11.6. The summed E-state index contributed by atoms with van der Waals surface area (Å²) < 4.78 is 107. The van der Waals surface area contributed by atoms with Crippen molar-refractivity contribution >= 4 is 27.8 Å². The van der Waals surface area contributed by atoms with Crippen LogP contribution in [0.2, 0.25) is 0 Å². The number of hydrogen-bond acceptors (Lipinski definition) is 2. The van der Waals surface area contributed by atoms with E-state index in [0.29, 0.717) is 35.0 Å². The van der Waals surface area contributed by atoms with Crippen molar-refractivity contribution < 1.29 is 19.8 Å². The Bertz CT molecular complexity index is 3020. The smallest absolute Gasteiger partial charge is 0.131 e. The average molecular weight is 717 g/mol. The van der Waals surface area contributed by atoms with Gasteiger partial charge in [-0.15, -0.1) is 0 Å². The maximum Gasteiger partial charge on any atom is 0.131 e. The number of anilines is 3. The molecule has 5 aliphatic carbocycles. The lowest BCUT2D eigenvalue weighted by atomic mass is 9.42. The minimum absolute atomic E-state index is 0.0197. The van der Waals surface area contributed by atoms with Gasteiger partial charge in [0.2, 0.25) is 0 Å². The van der Waals surface area contributed by atoms with Crippen molar-refractivity contribution in [1.82, 2.24) is 0 Å². The molecule has 1 heterocycles. The van der Waals surface area contributed by atoms with Gasteiger partial charge in [0, 0.05) is 33.6 Å². The maximum atomic E-state index is 9.88. The Morgan fingerprint density at radius 3 is 1.96 bits per heavy atom. The van der Waals surface area contributed by atoms with Crippen molar-refractivity contribution in [2.75, 3.05) is 4.90 Å². The fourth-order valence-corrected chi connectivity index (χ4v) is 11.7. The first-order valence-corrected chi connectivity index (χ1v) is 19.7. The monoisotopic (exact) mass is 716 g/mol. The van der Waals surface area contributed by atoms with E-state index in [1.165, 1.54) is 17.5 Å². The third-order valence-electron chi connectivity index (χ3n) is 14.1. The second-order valence-corrected chi connectivity index (χ2v) is 18.0. The fourth-order valence-electron chi connectivity index (χ4n) is 11.7. The average Bonchev–Trinajstić information content (AvgIpc) is 3.28. The van der Waals surface area contributed by atoms with E-state index in [4.69, 9.17) is 14.3 Å². The molecular weight excluding hydrogens is 655 g/mol. The first-order valence-electron chi connectivity index (χ1n) is 25.2. The maximum absolute atomic E-state index is 9.88.